The molecular formula is C10H20N5O3PS. The van der Waals surface area contributed by atoms with E-state index in [0.717, 1.165) is 24.4 Å². The molecule has 3 rings (SSSR count). The second-order valence-electron chi connectivity index (χ2n) is 4.97. The summed E-state index contributed by atoms with van der Waals surface area (Å²) in [5.74, 6) is 1.01. The van der Waals surface area contributed by atoms with E-state index in [4.69, 9.17) is 15.0 Å². The second kappa shape index (κ2) is 6.13. The third kappa shape index (κ3) is 2.93. The molecule has 3 aliphatic rings. The van der Waals surface area contributed by atoms with Crippen LogP contribution in [0.15, 0.2) is 11.5 Å². The van der Waals surface area contributed by atoms with Crippen LogP contribution in [-0.4, -0.2) is 43.3 Å². The highest BCUT2D eigenvalue weighted by molar-refractivity contribution is 8.39. The van der Waals surface area contributed by atoms with Crippen molar-refractivity contribution in [3.8, 4) is 0 Å². The van der Waals surface area contributed by atoms with Crippen LogP contribution in [0.2, 0.25) is 0 Å². The Morgan fingerprint density at radius 1 is 1.50 bits per heavy atom. The van der Waals surface area contributed by atoms with Gasteiger partial charge < -0.3 is 30.5 Å². The molecule has 0 aromatic heterocycles. The van der Waals surface area contributed by atoms with Crippen LogP contribution in [0.4, 0.5) is 0 Å². The van der Waals surface area contributed by atoms with Crippen LogP contribution in [0.25, 0.3) is 0 Å². The Labute approximate surface area is 123 Å². The fourth-order valence-corrected chi connectivity index (χ4v) is 3.29. The third-order valence-corrected chi connectivity index (χ3v) is 4.50. The lowest BCUT2D eigenvalue weighted by Gasteiger charge is -2.31. The summed E-state index contributed by atoms with van der Waals surface area (Å²) in [7, 11) is -2.19. The lowest BCUT2D eigenvalue weighted by molar-refractivity contribution is -0.0506. The van der Waals surface area contributed by atoms with Crippen molar-refractivity contribution in [2.24, 2.45) is 5.73 Å². The number of rotatable bonds is 4. The molecule has 0 bridgehead atoms. The minimum Gasteiger partial charge on any atom is -0.366 e. The van der Waals surface area contributed by atoms with E-state index >= 15 is 0 Å². The summed E-state index contributed by atoms with van der Waals surface area (Å²) < 4.78 is 21.9. The molecule has 0 aromatic rings. The van der Waals surface area contributed by atoms with E-state index in [9.17, 15) is 4.57 Å². The summed E-state index contributed by atoms with van der Waals surface area (Å²) in [5.41, 5.74) is 6.96. The zero-order valence-electron chi connectivity index (χ0n) is 11.0. The highest BCUT2D eigenvalue weighted by Crippen LogP contribution is 2.32. The molecule has 0 radical (unpaired) electrons. The summed E-state index contributed by atoms with van der Waals surface area (Å²) in [4.78, 5) is 2.14. The molecule has 4 atom stereocenters. The van der Waals surface area contributed by atoms with E-state index < -0.39 is 7.23 Å². The third-order valence-electron chi connectivity index (χ3n) is 3.70. The molecule has 0 spiro atoms. The number of nitrogens with two attached hydrogens (primary N) is 1. The van der Waals surface area contributed by atoms with Gasteiger partial charge in [0, 0.05) is 0 Å². The summed E-state index contributed by atoms with van der Waals surface area (Å²) in [5, 5.41) is 9.70. The quantitative estimate of drug-likeness (QED) is 0.342. The predicted octanol–water partition coefficient (Wildman–Crippen LogP) is -0.705. The first-order valence-corrected chi connectivity index (χ1v) is 9.24. The van der Waals surface area contributed by atoms with Crippen LogP contribution in [0, 0.1) is 0 Å². The normalized spacial score (nSPS) is 34.7. The SMILES string of the molecule is NC1NCNC2=C1NCN2[C@H]1CC[C@@H](CO[PH](=O)S)O1. The van der Waals surface area contributed by atoms with Gasteiger partial charge in [0.1, 0.15) is 18.2 Å². The molecule has 0 saturated carbocycles. The molecule has 8 nitrogen and oxygen atoms in total. The number of nitrogens with one attached hydrogen (secondary N) is 3. The van der Waals surface area contributed by atoms with Crippen LogP contribution < -0.4 is 21.7 Å². The number of hydrogen-bond donors (Lipinski definition) is 5. The Hall–Kier alpha value is -0.440. The maximum absolute atomic E-state index is 10.9. The van der Waals surface area contributed by atoms with Gasteiger partial charge in [0.15, 0.2) is 0 Å². The Kier molecular flexibility index (Phi) is 4.44. The first-order chi connectivity index (χ1) is 9.65. The highest BCUT2D eigenvalue weighted by Gasteiger charge is 2.37. The van der Waals surface area contributed by atoms with Crippen LogP contribution in [0.1, 0.15) is 12.8 Å². The van der Waals surface area contributed by atoms with Gasteiger partial charge in [-0.2, -0.15) is 0 Å². The van der Waals surface area contributed by atoms with Crippen LogP contribution in [0.5, 0.6) is 0 Å². The van der Waals surface area contributed by atoms with Gasteiger partial charge in [0.05, 0.1) is 31.7 Å². The molecule has 0 amide bonds. The molecule has 0 aromatic carbocycles. The van der Waals surface area contributed by atoms with Crippen LogP contribution in [-0.2, 0) is 13.8 Å². The standard InChI is InChI=1S/C10H20N5O3PS/c11-9-8-10(13-4-12-9)15(5-14-8)7-2-1-6(18-7)3-17-19(16)20/h6-7,9,12-14,19H,1-5,11H2,(H,16,20)/t6-,7+,9?/m0/s1. The van der Waals surface area contributed by atoms with Crippen molar-refractivity contribution in [2.75, 3.05) is 19.9 Å². The minimum absolute atomic E-state index is 0.0105. The van der Waals surface area contributed by atoms with E-state index in [0.29, 0.717) is 19.9 Å². The van der Waals surface area contributed by atoms with E-state index in [2.05, 4.69) is 33.1 Å². The van der Waals surface area contributed by atoms with Crippen molar-refractivity contribution in [2.45, 2.75) is 31.3 Å². The second-order valence-corrected chi connectivity index (χ2v) is 6.89. The van der Waals surface area contributed by atoms with E-state index in [-0.39, 0.29) is 18.5 Å². The fraction of sp³-hybridized carbons (Fsp3) is 0.800. The Morgan fingerprint density at radius 3 is 3.15 bits per heavy atom. The zero-order chi connectivity index (χ0) is 14.1. The van der Waals surface area contributed by atoms with Crippen molar-refractivity contribution in [1.29, 1.82) is 0 Å². The highest BCUT2D eigenvalue weighted by atomic mass is 32.7. The van der Waals surface area contributed by atoms with E-state index in [1.54, 1.807) is 0 Å². The Balaban J connectivity index is 1.60. The smallest absolute Gasteiger partial charge is 0.243 e. The summed E-state index contributed by atoms with van der Waals surface area (Å²) in [6, 6.07) is 0. The molecular weight excluding hydrogens is 301 g/mol. The predicted molar refractivity (Wildman–Crippen MR) is 77.8 cm³/mol. The van der Waals surface area contributed by atoms with Crippen LogP contribution in [0.3, 0.4) is 0 Å². The van der Waals surface area contributed by atoms with Gasteiger partial charge in [-0.3, -0.25) is 9.88 Å². The summed E-state index contributed by atoms with van der Waals surface area (Å²) >= 11 is 3.76. The summed E-state index contributed by atoms with van der Waals surface area (Å²) in [6.07, 6.45) is 1.58. The molecule has 2 unspecified atom stereocenters. The molecule has 10 heteroatoms. The van der Waals surface area contributed by atoms with E-state index in [1.807, 2.05) is 0 Å². The first-order valence-electron chi connectivity index (χ1n) is 6.64. The average Bonchev–Trinajstić information content (AvgIpc) is 3.02. The molecule has 114 valence electrons. The van der Waals surface area contributed by atoms with Crippen molar-refractivity contribution in [3.63, 3.8) is 0 Å². The van der Waals surface area contributed by atoms with Crippen molar-refractivity contribution >= 4 is 19.5 Å². The van der Waals surface area contributed by atoms with Crippen molar-refractivity contribution < 1.29 is 13.8 Å². The minimum atomic E-state index is -2.19. The number of ether oxygens (including phenoxy) is 1. The molecule has 5 N–H and O–H groups in total. The van der Waals surface area contributed by atoms with Gasteiger partial charge in [-0.1, -0.05) is 12.2 Å². The number of thiol groups is 1. The molecule has 20 heavy (non-hydrogen) atoms. The van der Waals surface area contributed by atoms with Gasteiger partial charge in [-0.25, -0.2) is 0 Å². The lowest BCUT2D eigenvalue weighted by Crippen LogP contribution is -2.52. The molecule has 0 aliphatic carbocycles. The van der Waals surface area contributed by atoms with Gasteiger partial charge >= 0.3 is 0 Å². The van der Waals surface area contributed by atoms with Gasteiger partial charge in [-0.05, 0) is 12.8 Å². The number of nitrogens with zero attached hydrogens (tertiary/aromatic N) is 1. The van der Waals surface area contributed by atoms with Crippen molar-refractivity contribution in [3.05, 3.63) is 11.5 Å². The van der Waals surface area contributed by atoms with E-state index in [1.165, 1.54) is 0 Å². The maximum Gasteiger partial charge on any atom is 0.243 e. The molecule has 1 saturated heterocycles. The lowest BCUT2D eigenvalue weighted by atomic mass is 10.2. The first kappa shape index (κ1) is 14.5. The molecule has 3 heterocycles. The fourth-order valence-electron chi connectivity index (χ4n) is 2.74. The average molecular weight is 321 g/mol. The number of hydrogen-bond acceptors (Lipinski definition) is 8. The molecule has 3 aliphatic heterocycles. The largest absolute Gasteiger partial charge is 0.366 e. The Bertz CT molecular complexity index is 437. The van der Waals surface area contributed by atoms with Gasteiger partial charge in [-0.15, -0.1) is 0 Å². The Morgan fingerprint density at radius 2 is 2.35 bits per heavy atom. The molecule has 1 fully saturated rings. The topological polar surface area (TPSA) is 101 Å². The van der Waals surface area contributed by atoms with Gasteiger partial charge in [0.25, 0.3) is 0 Å². The van der Waals surface area contributed by atoms with Crippen LogP contribution >= 0.6 is 19.5 Å². The van der Waals surface area contributed by atoms with Crippen molar-refractivity contribution in [1.82, 2.24) is 20.9 Å². The summed E-state index contributed by atoms with van der Waals surface area (Å²) in [6.45, 7) is 1.65. The maximum atomic E-state index is 10.9. The van der Waals surface area contributed by atoms with Gasteiger partial charge in [0.2, 0.25) is 7.23 Å². The monoisotopic (exact) mass is 321 g/mol. The zero-order valence-corrected chi connectivity index (χ0v) is 12.9.